The zero-order chi connectivity index (χ0) is 26.0. The van der Waals surface area contributed by atoms with Gasteiger partial charge in [0.05, 0.1) is 0 Å². The van der Waals surface area contributed by atoms with Gasteiger partial charge in [0.2, 0.25) is 5.91 Å². The van der Waals surface area contributed by atoms with Crippen LogP contribution in [0.2, 0.25) is 0 Å². The van der Waals surface area contributed by atoms with Crippen LogP contribution >= 0.6 is 0 Å². The molecule has 4 N–H and O–H groups in total. The number of hydrogen-bond acceptors (Lipinski definition) is 5. The molecule has 0 radical (unpaired) electrons. The van der Waals surface area contributed by atoms with Crippen LogP contribution in [0.4, 0.5) is 10.6 Å². The summed E-state index contributed by atoms with van der Waals surface area (Å²) in [5.74, 6) is 0.552. The molecule has 2 amide bonds. The molecule has 0 saturated heterocycles. The molecular formula is C29H33N5O3. The SMILES string of the molecule is CN(C(=O)O)C1CCC(CC(=O)Nc2cc(-c3ccccc3)c(-c3ccc(C4(N)CC4)cc3)nn2)CC1. The van der Waals surface area contributed by atoms with Gasteiger partial charge in [0.15, 0.2) is 5.82 Å². The molecule has 0 bridgehead atoms. The van der Waals surface area contributed by atoms with Crippen LogP contribution in [0, 0.1) is 5.92 Å². The largest absolute Gasteiger partial charge is 0.465 e. The van der Waals surface area contributed by atoms with Gasteiger partial charge in [0.1, 0.15) is 5.69 Å². The average Bonchev–Trinajstić information content (AvgIpc) is 3.67. The molecule has 2 saturated carbocycles. The van der Waals surface area contributed by atoms with Gasteiger partial charge in [-0.1, -0.05) is 54.6 Å². The van der Waals surface area contributed by atoms with Crippen molar-refractivity contribution in [2.45, 2.75) is 56.5 Å². The van der Waals surface area contributed by atoms with Crippen LogP contribution in [0.25, 0.3) is 22.4 Å². The highest BCUT2D eigenvalue weighted by Crippen LogP contribution is 2.43. The van der Waals surface area contributed by atoms with Crippen LogP contribution in [0.3, 0.4) is 0 Å². The lowest BCUT2D eigenvalue weighted by Crippen LogP contribution is -2.38. The molecule has 0 unspecified atom stereocenters. The minimum atomic E-state index is -0.903. The van der Waals surface area contributed by atoms with E-state index in [-0.39, 0.29) is 23.4 Å². The van der Waals surface area contributed by atoms with Crippen LogP contribution in [-0.4, -0.2) is 45.3 Å². The average molecular weight is 500 g/mol. The zero-order valence-corrected chi connectivity index (χ0v) is 21.1. The number of rotatable bonds is 7. The normalized spacial score (nSPS) is 20.2. The van der Waals surface area contributed by atoms with Crippen molar-refractivity contribution in [1.29, 1.82) is 0 Å². The van der Waals surface area contributed by atoms with Crippen molar-refractivity contribution in [3.05, 3.63) is 66.2 Å². The van der Waals surface area contributed by atoms with Gasteiger partial charge in [-0.25, -0.2) is 4.79 Å². The molecule has 8 heteroatoms. The number of carboxylic acid groups (broad SMARTS) is 1. The lowest BCUT2D eigenvalue weighted by Gasteiger charge is -2.32. The lowest BCUT2D eigenvalue weighted by molar-refractivity contribution is -0.117. The summed E-state index contributed by atoms with van der Waals surface area (Å²) in [4.78, 5) is 25.4. The topological polar surface area (TPSA) is 121 Å². The van der Waals surface area contributed by atoms with E-state index in [1.165, 1.54) is 4.90 Å². The molecule has 37 heavy (non-hydrogen) atoms. The fourth-order valence-electron chi connectivity index (χ4n) is 5.24. The number of hydrogen-bond donors (Lipinski definition) is 3. The highest BCUT2D eigenvalue weighted by atomic mass is 16.4. The molecule has 0 spiro atoms. The van der Waals surface area contributed by atoms with E-state index < -0.39 is 6.09 Å². The summed E-state index contributed by atoms with van der Waals surface area (Å²) in [6, 6.07) is 20.1. The first-order chi connectivity index (χ1) is 17.8. The molecule has 0 aliphatic heterocycles. The van der Waals surface area contributed by atoms with Gasteiger partial charge in [-0.2, -0.15) is 0 Å². The summed E-state index contributed by atoms with van der Waals surface area (Å²) >= 11 is 0. The lowest BCUT2D eigenvalue weighted by atomic mass is 9.83. The summed E-state index contributed by atoms with van der Waals surface area (Å²) in [7, 11) is 1.61. The minimum absolute atomic E-state index is 0.0254. The van der Waals surface area contributed by atoms with E-state index in [1.807, 2.05) is 48.5 Å². The number of aromatic nitrogens is 2. The Morgan fingerprint density at radius 1 is 1.00 bits per heavy atom. The maximum atomic E-state index is 12.8. The molecule has 1 heterocycles. The summed E-state index contributed by atoms with van der Waals surface area (Å²) in [6.45, 7) is 0. The van der Waals surface area contributed by atoms with Gasteiger partial charge >= 0.3 is 6.09 Å². The Morgan fingerprint density at radius 2 is 1.68 bits per heavy atom. The predicted octanol–water partition coefficient (Wildman–Crippen LogP) is 5.26. The third kappa shape index (κ3) is 5.64. The Kier molecular flexibility index (Phi) is 6.93. The Balaban J connectivity index is 1.30. The van der Waals surface area contributed by atoms with Crippen molar-refractivity contribution in [2.75, 3.05) is 12.4 Å². The van der Waals surface area contributed by atoms with E-state index in [9.17, 15) is 14.7 Å². The number of carbonyl (C=O) groups is 2. The maximum Gasteiger partial charge on any atom is 0.407 e. The second-order valence-electron chi connectivity index (χ2n) is 10.4. The Hall–Kier alpha value is -3.78. The number of nitrogens with two attached hydrogens (primary N) is 1. The fraction of sp³-hybridized carbons (Fsp3) is 0.379. The van der Waals surface area contributed by atoms with Crippen LogP contribution in [-0.2, 0) is 10.3 Å². The van der Waals surface area contributed by atoms with Gasteiger partial charge in [0.25, 0.3) is 0 Å². The Bertz CT molecular complexity index is 1270. The van der Waals surface area contributed by atoms with Crippen molar-refractivity contribution in [1.82, 2.24) is 15.1 Å². The summed E-state index contributed by atoms with van der Waals surface area (Å²) in [6.07, 6.45) is 4.71. The van der Waals surface area contributed by atoms with E-state index >= 15 is 0 Å². The van der Waals surface area contributed by atoms with Crippen LogP contribution in [0.5, 0.6) is 0 Å². The fourth-order valence-corrected chi connectivity index (χ4v) is 5.24. The molecule has 192 valence electrons. The van der Waals surface area contributed by atoms with Crippen LogP contribution in [0.15, 0.2) is 60.7 Å². The standard InChI is InChI=1S/C29H33N5O3/c1-34(28(36)37)23-13-7-19(8-14-23)17-26(35)31-25-18-24(20-5-3-2-4-6-20)27(33-32-25)21-9-11-22(12-10-21)29(30)15-16-29/h2-6,9-12,18-19,23H,7-8,13-17,30H2,1H3,(H,36,37)(H,31,32,35). The van der Waals surface area contributed by atoms with Crippen molar-refractivity contribution in [3.8, 4) is 22.4 Å². The predicted molar refractivity (Wildman–Crippen MR) is 143 cm³/mol. The van der Waals surface area contributed by atoms with Crippen LogP contribution < -0.4 is 11.1 Å². The van der Waals surface area contributed by atoms with Gasteiger partial charge in [-0.05, 0) is 61.6 Å². The zero-order valence-electron chi connectivity index (χ0n) is 21.1. The molecule has 5 rings (SSSR count). The van der Waals surface area contributed by atoms with Crippen LogP contribution in [0.1, 0.15) is 50.5 Å². The van der Waals surface area contributed by atoms with E-state index in [4.69, 9.17) is 5.73 Å². The molecule has 3 aromatic rings. The molecule has 0 atom stereocenters. The molecule has 2 aromatic carbocycles. The molecule has 2 aliphatic carbocycles. The first kappa shape index (κ1) is 24.9. The molecule has 1 aromatic heterocycles. The third-order valence-corrected chi connectivity index (χ3v) is 7.81. The van der Waals surface area contributed by atoms with E-state index in [0.29, 0.717) is 12.2 Å². The van der Waals surface area contributed by atoms with Gasteiger partial charge in [-0.3, -0.25) is 4.79 Å². The highest BCUT2D eigenvalue weighted by molar-refractivity contribution is 5.91. The minimum Gasteiger partial charge on any atom is -0.465 e. The summed E-state index contributed by atoms with van der Waals surface area (Å²) in [5.41, 5.74) is 10.9. The van der Waals surface area contributed by atoms with Gasteiger partial charge in [0, 0.05) is 36.2 Å². The molecular weight excluding hydrogens is 466 g/mol. The summed E-state index contributed by atoms with van der Waals surface area (Å²) in [5, 5.41) is 21.0. The number of nitrogens with one attached hydrogen (secondary N) is 1. The van der Waals surface area contributed by atoms with Crippen molar-refractivity contribution in [3.63, 3.8) is 0 Å². The van der Waals surface area contributed by atoms with E-state index in [0.717, 1.165) is 66.5 Å². The van der Waals surface area contributed by atoms with E-state index in [1.54, 1.807) is 7.05 Å². The molecule has 2 fully saturated rings. The smallest absolute Gasteiger partial charge is 0.407 e. The van der Waals surface area contributed by atoms with Crippen molar-refractivity contribution >= 4 is 17.8 Å². The van der Waals surface area contributed by atoms with E-state index in [2.05, 4.69) is 27.6 Å². The summed E-state index contributed by atoms with van der Waals surface area (Å²) < 4.78 is 0. The number of anilines is 1. The van der Waals surface area contributed by atoms with Crippen molar-refractivity contribution < 1.29 is 14.7 Å². The van der Waals surface area contributed by atoms with Gasteiger partial charge < -0.3 is 21.1 Å². The third-order valence-electron chi connectivity index (χ3n) is 7.81. The second-order valence-corrected chi connectivity index (χ2v) is 10.4. The quantitative estimate of drug-likeness (QED) is 0.408. The number of carbonyl (C=O) groups excluding carboxylic acids is 1. The number of benzene rings is 2. The maximum absolute atomic E-state index is 12.8. The molecule has 8 nitrogen and oxygen atoms in total. The highest BCUT2D eigenvalue weighted by Gasteiger charge is 2.39. The van der Waals surface area contributed by atoms with Gasteiger partial charge in [-0.15, -0.1) is 10.2 Å². The second kappa shape index (κ2) is 10.3. The molecule has 2 aliphatic rings. The first-order valence-corrected chi connectivity index (χ1v) is 12.9. The number of amides is 2. The first-order valence-electron chi connectivity index (χ1n) is 12.9. The Labute approximate surface area is 216 Å². The number of nitrogens with zero attached hydrogens (tertiary/aromatic N) is 3. The van der Waals surface area contributed by atoms with Crippen molar-refractivity contribution in [2.24, 2.45) is 11.7 Å². The Morgan fingerprint density at radius 3 is 2.30 bits per heavy atom. The monoisotopic (exact) mass is 499 g/mol.